The van der Waals surface area contributed by atoms with Gasteiger partial charge in [-0.1, -0.05) is 13.8 Å². The van der Waals surface area contributed by atoms with Crippen molar-refractivity contribution < 1.29 is 9.47 Å². The van der Waals surface area contributed by atoms with Gasteiger partial charge in [-0.15, -0.1) is 0 Å². The second-order valence-electron chi connectivity index (χ2n) is 6.38. The van der Waals surface area contributed by atoms with E-state index in [2.05, 4.69) is 32.7 Å². The van der Waals surface area contributed by atoms with Crippen LogP contribution in [-0.4, -0.2) is 42.1 Å². The van der Waals surface area contributed by atoms with E-state index in [0.29, 0.717) is 12.1 Å². The normalized spacial score (nSPS) is 24.5. The zero-order valence-corrected chi connectivity index (χ0v) is 14.6. The molecule has 23 heavy (non-hydrogen) atoms. The lowest BCUT2D eigenvalue weighted by Gasteiger charge is -2.19. The summed E-state index contributed by atoms with van der Waals surface area (Å²) in [6.07, 6.45) is 3.84. The van der Waals surface area contributed by atoms with Crippen LogP contribution in [0.4, 0.5) is 0 Å². The van der Waals surface area contributed by atoms with Gasteiger partial charge in [0.15, 0.2) is 0 Å². The number of hydrogen-bond acceptors (Lipinski definition) is 4. The lowest BCUT2D eigenvalue weighted by molar-refractivity contribution is 0.263. The number of nitrogens with one attached hydrogen (secondary N) is 1. The molecule has 0 fully saturated rings. The zero-order valence-electron chi connectivity index (χ0n) is 14.6. The summed E-state index contributed by atoms with van der Waals surface area (Å²) >= 11 is 0. The fourth-order valence-electron chi connectivity index (χ4n) is 3.25. The van der Waals surface area contributed by atoms with Crippen molar-refractivity contribution in [1.29, 1.82) is 0 Å². The van der Waals surface area contributed by atoms with Crippen molar-refractivity contribution in [2.75, 3.05) is 13.2 Å². The molecule has 3 rings (SSSR count). The highest BCUT2D eigenvalue weighted by Gasteiger charge is 2.26. The fourth-order valence-corrected chi connectivity index (χ4v) is 3.25. The summed E-state index contributed by atoms with van der Waals surface area (Å²) in [5.74, 6) is 1.48. The van der Waals surface area contributed by atoms with Crippen LogP contribution < -0.4 is 0 Å². The predicted octanol–water partition coefficient (Wildman–Crippen LogP) is 3.25. The number of nitrogens with zero attached hydrogens (tertiary/aromatic N) is 2. The molecule has 5 nitrogen and oxygen atoms in total. The third-order valence-electron chi connectivity index (χ3n) is 4.58. The molecular formula is C18H27N3O2. The molecule has 1 aromatic heterocycles. The maximum absolute atomic E-state index is 5.84. The van der Waals surface area contributed by atoms with Gasteiger partial charge in [0.2, 0.25) is 11.8 Å². The highest BCUT2D eigenvalue weighted by Crippen LogP contribution is 2.26. The summed E-state index contributed by atoms with van der Waals surface area (Å²) in [7, 11) is 0. The van der Waals surface area contributed by atoms with Crippen molar-refractivity contribution in [1.82, 2.24) is 4.98 Å². The minimum Gasteiger partial charge on any atom is -0.476 e. The van der Waals surface area contributed by atoms with Gasteiger partial charge in [0.05, 0.1) is 25.3 Å². The molecule has 0 amide bonds. The molecule has 2 aliphatic heterocycles. The van der Waals surface area contributed by atoms with Crippen molar-refractivity contribution in [2.24, 2.45) is 9.98 Å². The Morgan fingerprint density at radius 3 is 1.65 bits per heavy atom. The van der Waals surface area contributed by atoms with Crippen LogP contribution in [0.25, 0.3) is 0 Å². The number of H-pyrrole nitrogens is 1. The van der Waals surface area contributed by atoms with Crippen molar-refractivity contribution in [3.05, 3.63) is 22.5 Å². The number of aromatic nitrogens is 1. The Morgan fingerprint density at radius 2 is 1.30 bits per heavy atom. The molecule has 0 saturated carbocycles. The second kappa shape index (κ2) is 6.77. The van der Waals surface area contributed by atoms with E-state index in [1.807, 2.05) is 0 Å². The molecule has 1 N–H and O–H groups in total. The SMILES string of the molecule is CCc1c(C2=N[C@@H](C)CCO2)[nH]c(C2=N[C@@H](C)CCO2)c1CC. The lowest BCUT2D eigenvalue weighted by Crippen LogP contribution is -2.22. The number of aliphatic imine (C=N–C) groups is 2. The van der Waals surface area contributed by atoms with E-state index in [9.17, 15) is 0 Å². The van der Waals surface area contributed by atoms with Gasteiger partial charge in [-0.05, 0) is 37.8 Å². The molecule has 0 spiro atoms. The maximum atomic E-state index is 5.84. The molecule has 5 heteroatoms. The summed E-state index contributed by atoms with van der Waals surface area (Å²) < 4.78 is 11.7. The highest BCUT2D eigenvalue weighted by molar-refractivity contribution is 6.00. The molecule has 0 radical (unpaired) electrons. The van der Waals surface area contributed by atoms with Crippen molar-refractivity contribution >= 4 is 11.8 Å². The Hall–Kier alpha value is -1.78. The average molecular weight is 317 g/mol. The smallest absolute Gasteiger partial charge is 0.233 e. The van der Waals surface area contributed by atoms with Gasteiger partial charge < -0.3 is 14.5 Å². The number of hydrogen-bond donors (Lipinski definition) is 1. The maximum Gasteiger partial charge on any atom is 0.233 e. The predicted molar refractivity (Wildman–Crippen MR) is 92.7 cm³/mol. The average Bonchev–Trinajstić information content (AvgIpc) is 2.93. The minimum atomic E-state index is 0.309. The Labute approximate surface area is 138 Å². The first kappa shape index (κ1) is 16.1. The zero-order chi connectivity index (χ0) is 16.4. The second-order valence-corrected chi connectivity index (χ2v) is 6.38. The Bertz CT molecular complexity index is 578. The van der Waals surface area contributed by atoms with E-state index in [1.54, 1.807) is 0 Å². The van der Waals surface area contributed by atoms with E-state index in [1.165, 1.54) is 11.1 Å². The van der Waals surface area contributed by atoms with E-state index in [0.717, 1.165) is 62.1 Å². The van der Waals surface area contributed by atoms with Gasteiger partial charge in [-0.2, -0.15) is 0 Å². The summed E-state index contributed by atoms with van der Waals surface area (Å²) in [6, 6.07) is 0.618. The van der Waals surface area contributed by atoms with Gasteiger partial charge in [0.25, 0.3) is 0 Å². The molecule has 0 bridgehead atoms. The van der Waals surface area contributed by atoms with E-state index >= 15 is 0 Å². The Balaban J connectivity index is 2.07. The quantitative estimate of drug-likeness (QED) is 0.926. The molecule has 0 unspecified atom stereocenters. The van der Waals surface area contributed by atoms with Crippen LogP contribution in [0, 0.1) is 0 Å². The van der Waals surface area contributed by atoms with Gasteiger partial charge in [0, 0.05) is 12.8 Å². The van der Waals surface area contributed by atoms with Crippen LogP contribution >= 0.6 is 0 Å². The van der Waals surface area contributed by atoms with Crippen LogP contribution in [0.3, 0.4) is 0 Å². The summed E-state index contributed by atoms with van der Waals surface area (Å²) in [4.78, 5) is 12.9. The van der Waals surface area contributed by atoms with Crippen molar-refractivity contribution in [3.63, 3.8) is 0 Å². The molecule has 3 heterocycles. The first-order chi connectivity index (χ1) is 11.1. The van der Waals surface area contributed by atoms with Crippen LogP contribution in [0.5, 0.6) is 0 Å². The van der Waals surface area contributed by atoms with Crippen molar-refractivity contribution in [2.45, 2.75) is 65.5 Å². The van der Waals surface area contributed by atoms with Gasteiger partial charge in [-0.25, -0.2) is 9.98 Å². The number of ether oxygens (including phenoxy) is 2. The molecule has 126 valence electrons. The monoisotopic (exact) mass is 317 g/mol. The van der Waals surface area contributed by atoms with E-state index < -0.39 is 0 Å². The van der Waals surface area contributed by atoms with Crippen LogP contribution in [0.1, 0.15) is 63.1 Å². The standard InChI is InChI=1S/C18H27N3O2/c1-5-13-14(6-2)16(18-20-12(4)8-10-23-18)21-15(13)17-19-11(3)7-9-22-17/h11-12,21H,5-10H2,1-4H3/t11-,12-/m0/s1. The van der Waals surface area contributed by atoms with Crippen LogP contribution in [-0.2, 0) is 22.3 Å². The molecule has 0 saturated heterocycles. The summed E-state index contributed by atoms with van der Waals surface area (Å²) in [5.41, 5.74) is 4.57. The Morgan fingerprint density at radius 1 is 0.870 bits per heavy atom. The van der Waals surface area contributed by atoms with E-state index in [4.69, 9.17) is 19.5 Å². The summed E-state index contributed by atoms with van der Waals surface area (Å²) in [6.45, 7) is 10.1. The molecule has 0 aliphatic carbocycles. The van der Waals surface area contributed by atoms with Crippen LogP contribution in [0.2, 0.25) is 0 Å². The minimum absolute atomic E-state index is 0.309. The third kappa shape index (κ3) is 3.14. The first-order valence-corrected chi connectivity index (χ1v) is 8.79. The largest absolute Gasteiger partial charge is 0.476 e. The van der Waals surface area contributed by atoms with Crippen LogP contribution in [0.15, 0.2) is 9.98 Å². The van der Waals surface area contributed by atoms with Gasteiger partial charge in [0.1, 0.15) is 11.4 Å². The molecule has 2 aliphatic rings. The lowest BCUT2D eigenvalue weighted by atomic mass is 10.0. The summed E-state index contributed by atoms with van der Waals surface area (Å²) in [5, 5.41) is 0. The highest BCUT2D eigenvalue weighted by atomic mass is 16.5. The topological polar surface area (TPSA) is 59.0 Å². The first-order valence-electron chi connectivity index (χ1n) is 8.79. The van der Waals surface area contributed by atoms with E-state index in [-0.39, 0.29) is 0 Å². The molecule has 0 aromatic carbocycles. The number of rotatable bonds is 4. The number of aromatic amines is 1. The Kier molecular flexibility index (Phi) is 4.74. The van der Waals surface area contributed by atoms with Crippen molar-refractivity contribution in [3.8, 4) is 0 Å². The molecular weight excluding hydrogens is 290 g/mol. The molecule has 1 aromatic rings. The molecule has 2 atom stereocenters. The third-order valence-corrected chi connectivity index (χ3v) is 4.58. The van der Waals surface area contributed by atoms with Gasteiger partial charge in [-0.3, -0.25) is 0 Å². The van der Waals surface area contributed by atoms with Gasteiger partial charge >= 0.3 is 0 Å². The fraction of sp³-hybridized carbons (Fsp3) is 0.667.